The Hall–Kier alpha value is -0.960. The van der Waals surface area contributed by atoms with Crippen molar-refractivity contribution >= 4 is 23.2 Å². The Morgan fingerprint density at radius 1 is 1.29 bits per heavy atom. The molecule has 1 aliphatic carbocycles. The summed E-state index contributed by atoms with van der Waals surface area (Å²) < 4.78 is 2.18. The lowest BCUT2D eigenvalue weighted by atomic mass is 10.1. The highest BCUT2D eigenvalue weighted by molar-refractivity contribution is 6.42. The first-order valence-corrected chi connectivity index (χ1v) is 8.26. The minimum absolute atomic E-state index is 0.492. The Morgan fingerprint density at radius 2 is 2.10 bits per heavy atom. The summed E-state index contributed by atoms with van der Waals surface area (Å²) in [6.45, 7) is 3.92. The monoisotopic (exact) mass is 322 g/mol. The normalized spacial score (nSPS) is 16.1. The lowest BCUT2D eigenvalue weighted by molar-refractivity contribution is 0.495. The fraction of sp³-hybridized carbons (Fsp3) is 0.412. The van der Waals surface area contributed by atoms with Crippen LogP contribution in [0.25, 0.3) is 0 Å². The van der Waals surface area contributed by atoms with Crippen LogP contribution in [-0.2, 0) is 6.54 Å². The third-order valence-corrected chi connectivity index (χ3v) is 4.89. The van der Waals surface area contributed by atoms with Crippen LogP contribution in [0.1, 0.15) is 36.9 Å². The van der Waals surface area contributed by atoms with Gasteiger partial charge in [-0.25, -0.2) is 0 Å². The highest BCUT2D eigenvalue weighted by atomic mass is 35.5. The lowest BCUT2D eigenvalue weighted by Crippen LogP contribution is -2.22. The molecule has 1 atom stereocenters. The molecule has 1 aromatic heterocycles. The second-order valence-electron chi connectivity index (χ2n) is 5.70. The van der Waals surface area contributed by atoms with E-state index in [0.29, 0.717) is 16.1 Å². The van der Waals surface area contributed by atoms with E-state index in [0.717, 1.165) is 24.6 Å². The molecule has 1 aliphatic rings. The van der Waals surface area contributed by atoms with Gasteiger partial charge >= 0.3 is 0 Å². The van der Waals surface area contributed by atoms with Gasteiger partial charge in [-0.2, -0.15) is 0 Å². The highest BCUT2D eigenvalue weighted by Crippen LogP contribution is 2.41. The zero-order valence-corrected chi connectivity index (χ0v) is 13.7. The number of nitrogens with one attached hydrogen (secondary N) is 1. The van der Waals surface area contributed by atoms with Crippen LogP contribution in [0.2, 0.25) is 10.0 Å². The van der Waals surface area contributed by atoms with Crippen molar-refractivity contribution in [2.45, 2.75) is 32.4 Å². The first-order chi connectivity index (χ1) is 10.2. The summed E-state index contributed by atoms with van der Waals surface area (Å²) in [6, 6.07) is 8.49. The first kappa shape index (κ1) is 15.0. The fourth-order valence-electron chi connectivity index (χ4n) is 2.82. The average molecular weight is 323 g/mol. The van der Waals surface area contributed by atoms with Gasteiger partial charge in [-0.05, 0) is 48.6 Å². The number of aromatic nitrogens is 1. The molecule has 0 bridgehead atoms. The molecular weight excluding hydrogens is 303 g/mol. The molecule has 21 heavy (non-hydrogen) atoms. The van der Waals surface area contributed by atoms with E-state index < -0.39 is 0 Å². The van der Waals surface area contributed by atoms with Gasteiger partial charge in [0.25, 0.3) is 0 Å². The third-order valence-electron chi connectivity index (χ3n) is 4.03. The smallest absolute Gasteiger partial charge is 0.0642 e. The topological polar surface area (TPSA) is 17.0 Å². The van der Waals surface area contributed by atoms with E-state index in [1.165, 1.54) is 18.4 Å². The van der Waals surface area contributed by atoms with Crippen molar-refractivity contribution in [3.8, 4) is 0 Å². The third kappa shape index (κ3) is 3.45. The van der Waals surface area contributed by atoms with E-state index in [1.54, 1.807) is 0 Å². The fourth-order valence-corrected chi connectivity index (χ4v) is 3.19. The van der Waals surface area contributed by atoms with Gasteiger partial charge in [0.2, 0.25) is 0 Å². The molecule has 2 aromatic rings. The Kier molecular flexibility index (Phi) is 4.58. The van der Waals surface area contributed by atoms with Crippen LogP contribution in [0.5, 0.6) is 0 Å². The molecule has 1 heterocycles. The number of hydrogen-bond acceptors (Lipinski definition) is 1. The lowest BCUT2D eigenvalue weighted by Gasteiger charge is -2.15. The molecule has 1 fully saturated rings. The number of halogens is 2. The summed E-state index contributed by atoms with van der Waals surface area (Å²) in [5.74, 6) is 0.801. The Labute approximate surface area is 136 Å². The van der Waals surface area contributed by atoms with E-state index in [9.17, 15) is 0 Å². The molecule has 0 aliphatic heterocycles. The summed E-state index contributed by atoms with van der Waals surface area (Å²) >= 11 is 12.3. The number of benzene rings is 1. The van der Waals surface area contributed by atoms with Gasteiger partial charge in [0.05, 0.1) is 10.0 Å². The van der Waals surface area contributed by atoms with E-state index >= 15 is 0 Å². The van der Waals surface area contributed by atoms with E-state index in [4.69, 9.17) is 23.2 Å². The second kappa shape index (κ2) is 6.43. The van der Waals surface area contributed by atoms with Gasteiger partial charge in [-0.3, -0.25) is 0 Å². The number of hydrogen-bond donors (Lipinski definition) is 1. The van der Waals surface area contributed by atoms with Crippen LogP contribution < -0.4 is 5.32 Å². The minimum Gasteiger partial charge on any atom is -0.350 e. The van der Waals surface area contributed by atoms with Crippen molar-refractivity contribution in [1.82, 2.24) is 9.88 Å². The van der Waals surface area contributed by atoms with Crippen molar-refractivity contribution in [2.24, 2.45) is 5.92 Å². The Morgan fingerprint density at radius 3 is 2.81 bits per heavy atom. The SMILES string of the molecule is CCNC(c1ccn(Cc2cccc(Cl)c2Cl)c1)C1CC1. The van der Waals surface area contributed by atoms with Crippen LogP contribution in [0.15, 0.2) is 36.7 Å². The molecule has 1 unspecified atom stereocenters. The van der Waals surface area contributed by atoms with Crippen molar-refractivity contribution < 1.29 is 0 Å². The maximum absolute atomic E-state index is 6.27. The van der Waals surface area contributed by atoms with E-state index in [1.807, 2.05) is 18.2 Å². The van der Waals surface area contributed by atoms with Crippen molar-refractivity contribution in [1.29, 1.82) is 0 Å². The summed E-state index contributed by atoms with van der Waals surface area (Å²) in [5, 5.41) is 4.87. The molecule has 0 saturated heterocycles. The summed E-state index contributed by atoms with van der Waals surface area (Å²) in [4.78, 5) is 0. The number of rotatable bonds is 6. The van der Waals surface area contributed by atoms with Gasteiger partial charge in [0, 0.05) is 25.0 Å². The van der Waals surface area contributed by atoms with Crippen molar-refractivity contribution in [3.63, 3.8) is 0 Å². The maximum atomic E-state index is 6.27. The van der Waals surface area contributed by atoms with Crippen LogP contribution in [0, 0.1) is 5.92 Å². The molecule has 0 spiro atoms. The van der Waals surface area contributed by atoms with Gasteiger partial charge in [0.1, 0.15) is 0 Å². The highest BCUT2D eigenvalue weighted by Gasteiger charge is 2.32. The standard InChI is InChI=1S/C17H20Cl2N2/c1-2-20-17(12-6-7-12)14-8-9-21(11-14)10-13-4-3-5-15(18)16(13)19/h3-5,8-9,11-12,17,20H,2,6-7,10H2,1H3. The second-order valence-corrected chi connectivity index (χ2v) is 6.49. The van der Waals surface area contributed by atoms with E-state index in [-0.39, 0.29) is 0 Å². The van der Waals surface area contributed by atoms with Crippen molar-refractivity contribution in [3.05, 3.63) is 57.8 Å². The summed E-state index contributed by atoms with van der Waals surface area (Å²) in [5.41, 5.74) is 2.43. The minimum atomic E-state index is 0.492. The van der Waals surface area contributed by atoms with E-state index in [2.05, 4.69) is 35.3 Å². The molecule has 1 saturated carbocycles. The Balaban J connectivity index is 1.76. The molecule has 1 aromatic carbocycles. The van der Waals surface area contributed by atoms with Gasteiger partial charge in [0.15, 0.2) is 0 Å². The molecule has 112 valence electrons. The zero-order valence-electron chi connectivity index (χ0n) is 12.2. The molecule has 0 radical (unpaired) electrons. The zero-order chi connectivity index (χ0) is 14.8. The molecule has 2 nitrogen and oxygen atoms in total. The van der Waals surface area contributed by atoms with Crippen molar-refractivity contribution in [2.75, 3.05) is 6.54 Å². The summed E-state index contributed by atoms with van der Waals surface area (Å²) in [6.07, 6.45) is 7.02. The molecular formula is C17H20Cl2N2. The molecule has 0 amide bonds. The van der Waals surface area contributed by atoms with Gasteiger partial charge in [-0.15, -0.1) is 0 Å². The quantitative estimate of drug-likeness (QED) is 0.800. The van der Waals surface area contributed by atoms with Crippen LogP contribution in [-0.4, -0.2) is 11.1 Å². The first-order valence-electron chi connectivity index (χ1n) is 7.51. The molecule has 4 heteroatoms. The largest absolute Gasteiger partial charge is 0.350 e. The van der Waals surface area contributed by atoms with Crippen LogP contribution in [0.3, 0.4) is 0 Å². The summed E-state index contributed by atoms with van der Waals surface area (Å²) in [7, 11) is 0. The van der Waals surface area contributed by atoms with Crippen LogP contribution >= 0.6 is 23.2 Å². The average Bonchev–Trinajstić information content (AvgIpc) is 3.21. The van der Waals surface area contributed by atoms with Crippen LogP contribution in [0.4, 0.5) is 0 Å². The van der Waals surface area contributed by atoms with Gasteiger partial charge in [-0.1, -0.05) is 42.3 Å². The molecule has 3 rings (SSSR count). The van der Waals surface area contributed by atoms with Gasteiger partial charge < -0.3 is 9.88 Å². The predicted octanol–water partition coefficient (Wildman–Crippen LogP) is 4.90. The molecule has 1 N–H and O–H groups in total. The maximum Gasteiger partial charge on any atom is 0.0642 e. The Bertz CT molecular complexity index is 617. The number of nitrogens with zero attached hydrogens (tertiary/aromatic N) is 1. The predicted molar refractivity (Wildman–Crippen MR) is 89.1 cm³/mol.